The minimum absolute atomic E-state index is 0.862. The molecule has 0 aliphatic heterocycles. The SMILES string of the molecule is [2H]C1([2H])C([2H])([2H])C([2H])([2H])C([2H])(NS(=O)(=O)O)C([2H])([2H])C1([2H])[2H]. The van der Waals surface area contributed by atoms with Gasteiger partial charge in [0.1, 0.15) is 0 Å². The van der Waals surface area contributed by atoms with Crippen molar-refractivity contribution < 1.29 is 28.0 Å². The Labute approximate surface area is 82.3 Å². The van der Waals surface area contributed by atoms with Crippen LogP contribution in [0.25, 0.3) is 0 Å². The molecule has 0 spiro atoms. The number of rotatable bonds is 2. The second-order valence-electron chi connectivity index (χ2n) is 1.58. The van der Waals surface area contributed by atoms with Crippen LogP contribution in [0.1, 0.15) is 46.9 Å². The zero-order valence-electron chi connectivity index (χ0n) is 16.2. The van der Waals surface area contributed by atoms with Crippen LogP contribution in [0.2, 0.25) is 0 Å². The molecule has 1 aliphatic rings. The molecule has 0 heterocycles. The van der Waals surface area contributed by atoms with Gasteiger partial charge in [-0.3, -0.25) is 4.55 Å². The van der Waals surface area contributed by atoms with Crippen LogP contribution < -0.4 is 4.72 Å². The van der Waals surface area contributed by atoms with Gasteiger partial charge in [0.2, 0.25) is 0 Å². The van der Waals surface area contributed by atoms with Crippen molar-refractivity contribution in [3.8, 4) is 0 Å². The molecule has 1 saturated carbocycles. The van der Waals surface area contributed by atoms with Gasteiger partial charge in [-0.15, -0.1) is 0 Å². The van der Waals surface area contributed by atoms with E-state index in [4.69, 9.17) is 19.6 Å². The average Bonchev–Trinajstić information content (AvgIpc) is 2.23. The molecule has 0 atom stereocenters. The highest BCUT2D eigenvalue weighted by atomic mass is 32.2. The van der Waals surface area contributed by atoms with Gasteiger partial charge in [0, 0.05) is 21.1 Å². The van der Waals surface area contributed by atoms with E-state index in [1.807, 2.05) is 0 Å². The minimum atomic E-state index is -5.44. The molecular formula is C6H13NO3S. The Morgan fingerprint density at radius 2 is 2.00 bits per heavy atom. The van der Waals surface area contributed by atoms with Crippen LogP contribution in [0.5, 0.6) is 0 Å². The molecule has 1 fully saturated rings. The summed E-state index contributed by atoms with van der Waals surface area (Å²) in [6.07, 6.45) is -19.1. The molecule has 0 bridgehead atoms. The van der Waals surface area contributed by atoms with E-state index in [0.29, 0.717) is 0 Å². The number of hydrogen-bond donors (Lipinski definition) is 2. The van der Waals surface area contributed by atoms with Crippen LogP contribution >= 0.6 is 0 Å². The maximum atomic E-state index is 10.9. The van der Waals surface area contributed by atoms with Gasteiger partial charge in [-0.25, -0.2) is 0 Å². The van der Waals surface area contributed by atoms with Crippen molar-refractivity contribution in [2.45, 2.75) is 37.9 Å². The quantitative estimate of drug-likeness (QED) is 0.630. The van der Waals surface area contributed by atoms with Crippen LogP contribution in [0.15, 0.2) is 0 Å². The van der Waals surface area contributed by atoms with Crippen LogP contribution in [0.3, 0.4) is 0 Å². The van der Waals surface area contributed by atoms with E-state index in [9.17, 15) is 8.42 Å². The van der Waals surface area contributed by atoms with Crippen molar-refractivity contribution >= 4 is 10.3 Å². The molecule has 5 heteroatoms. The molecule has 11 heavy (non-hydrogen) atoms. The lowest BCUT2D eigenvalue weighted by Crippen LogP contribution is -2.35. The predicted octanol–water partition coefficient (Wildman–Crippen LogP) is 0.711. The molecule has 0 aromatic rings. The fraction of sp³-hybridized carbons (Fsp3) is 1.00. The Hall–Kier alpha value is -0.130. The van der Waals surface area contributed by atoms with Gasteiger partial charge in [0.25, 0.3) is 0 Å². The van der Waals surface area contributed by atoms with E-state index in [-0.39, 0.29) is 0 Å². The van der Waals surface area contributed by atoms with Crippen molar-refractivity contribution in [2.24, 2.45) is 0 Å². The molecule has 1 rings (SSSR count). The second kappa shape index (κ2) is 3.51. The summed E-state index contributed by atoms with van der Waals surface area (Å²) in [6.45, 7) is 0. The first kappa shape index (κ1) is 2.21. The molecule has 0 saturated heterocycles. The monoisotopic (exact) mass is 190 g/mol. The maximum absolute atomic E-state index is 10.9. The zero-order valence-corrected chi connectivity index (χ0v) is 5.99. The normalized spacial score (nSPS) is 62.5. The van der Waals surface area contributed by atoms with Crippen molar-refractivity contribution in [1.82, 2.24) is 4.72 Å². The maximum Gasteiger partial charge on any atom is 0.333 e. The predicted molar refractivity (Wildman–Crippen MR) is 41.6 cm³/mol. The standard InChI is InChI=1S/C6H13NO3S/c8-11(9,10)7-6-4-2-1-3-5-6/h6-7H,1-5H2,(H,8,9,10)/i1D2,2D2,3D2,4D2,5D2,6D. The molecule has 0 aromatic heterocycles. The van der Waals surface area contributed by atoms with E-state index in [0.717, 1.165) is 4.72 Å². The third kappa shape index (κ3) is 3.69. The summed E-state index contributed by atoms with van der Waals surface area (Å²) in [4.78, 5) is 0. The molecule has 0 unspecified atom stereocenters. The molecule has 4 nitrogen and oxygen atoms in total. The summed E-state index contributed by atoms with van der Waals surface area (Å²) in [6, 6.07) is -3.88. The van der Waals surface area contributed by atoms with Crippen molar-refractivity contribution in [1.29, 1.82) is 0 Å². The first-order valence-electron chi connectivity index (χ1n) is 7.97. The lowest BCUT2D eigenvalue weighted by Gasteiger charge is -2.20. The zero-order chi connectivity index (χ0) is 18.2. The van der Waals surface area contributed by atoms with E-state index >= 15 is 0 Å². The second-order valence-corrected chi connectivity index (χ2v) is 2.73. The van der Waals surface area contributed by atoms with Crippen molar-refractivity contribution in [3.05, 3.63) is 0 Å². The number of hydrogen-bond acceptors (Lipinski definition) is 2. The summed E-state index contributed by atoms with van der Waals surface area (Å²) < 4.78 is 114. The Kier molecular flexibility index (Phi) is 0.707. The Morgan fingerprint density at radius 1 is 1.45 bits per heavy atom. The van der Waals surface area contributed by atoms with Gasteiger partial charge in [0.05, 0.1) is 0 Å². The highest BCUT2D eigenvalue weighted by Crippen LogP contribution is 2.17. The molecule has 2 N–H and O–H groups in total. The van der Waals surface area contributed by atoms with Gasteiger partial charge >= 0.3 is 10.3 Å². The molecule has 1 aliphatic carbocycles. The van der Waals surface area contributed by atoms with Crippen LogP contribution in [-0.4, -0.2) is 19.0 Å². The Balaban J connectivity index is 3.85. The summed E-state index contributed by atoms with van der Waals surface area (Å²) >= 11 is 0. The van der Waals surface area contributed by atoms with E-state index < -0.39 is 48.2 Å². The molecule has 66 valence electrons. The lowest BCUT2D eigenvalue weighted by molar-refractivity contribution is 0.389. The molecule has 0 amide bonds. The first-order valence-corrected chi connectivity index (χ1v) is 3.91. The van der Waals surface area contributed by atoms with Crippen molar-refractivity contribution in [3.63, 3.8) is 0 Å². The largest absolute Gasteiger partial charge is 0.333 e. The number of nitrogens with one attached hydrogen (secondary N) is 1. The molecular weight excluding hydrogens is 166 g/mol. The van der Waals surface area contributed by atoms with E-state index in [1.165, 1.54) is 0 Å². The third-order valence-corrected chi connectivity index (χ3v) is 1.19. The van der Waals surface area contributed by atoms with Crippen LogP contribution in [0.4, 0.5) is 0 Å². The lowest BCUT2D eigenvalue weighted by atomic mass is 9.96. The summed E-state index contributed by atoms with van der Waals surface area (Å²) in [5, 5.41) is 0. The first-order chi connectivity index (χ1) is 9.21. The summed E-state index contributed by atoms with van der Waals surface area (Å²) in [7, 11) is -5.44. The average molecular weight is 190 g/mol. The fourth-order valence-corrected chi connectivity index (χ4v) is 0.790. The smallest absolute Gasteiger partial charge is 0.273 e. The van der Waals surface area contributed by atoms with Crippen molar-refractivity contribution in [2.75, 3.05) is 0 Å². The van der Waals surface area contributed by atoms with Gasteiger partial charge in [-0.1, -0.05) is 19.1 Å². The van der Waals surface area contributed by atoms with Gasteiger partial charge in [0.15, 0.2) is 0 Å². The Bertz CT molecular complexity index is 555. The van der Waals surface area contributed by atoms with E-state index in [1.54, 1.807) is 0 Å². The topological polar surface area (TPSA) is 66.4 Å². The molecule has 0 radical (unpaired) electrons. The van der Waals surface area contributed by atoms with Gasteiger partial charge in [-0.05, 0) is 12.7 Å². The summed E-state index contributed by atoms with van der Waals surface area (Å²) in [5.74, 6) is 0. The highest BCUT2D eigenvalue weighted by molar-refractivity contribution is 7.83. The van der Waals surface area contributed by atoms with Gasteiger partial charge < -0.3 is 0 Å². The van der Waals surface area contributed by atoms with Crippen LogP contribution in [0, 0.1) is 0 Å². The summed E-state index contributed by atoms with van der Waals surface area (Å²) in [5.41, 5.74) is 0. The van der Waals surface area contributed by atoms with E-state index in [2.05, 4.69) is 0 Å². The molecule has 0 aromatic carbocycles. The van der Waals surface area contributed by atoms with Crippen LogP contribution in [-0.2, 0) is 10.3 Å². The highest BCUT2D eigenvalue weighted by Gasteiger charge is 2.17. The van der Waals surface area contributed by atoms with Gasteiger partial charge in [-0.2, -0.15) is 13.1 Å². The Morgan fingerprint density at radius 3 is 2.45 bits per heavy atom. The fourth-order valence-electron chi connectivity index (χ4n) is 0.430. The minimum Gasteiger partial charge on any atom is -0.273 e. The third-order valence-electron chi connectivity index (χ3n) is 0.731.